The first-order valence-electron chi connectivity index (χ1n) is 18.8. The predicted octanol–water partition coefficient (Wildman–Crippen LogP) is 14.9. The minimum Gasteiger partial charge on any atom is -0.313 e. The first-order chi connectivity index (χ1) is 25.9. The van der Waals surface area contributed by atoms with Gasteiger partial charge in [0.2, 0.25) is 0 Å². The van der Waals surface area contributed by atoms with Crippen LogP contribution in [0.2, 0.25) is 0 Å². The largest absolute Gasteiger partial charge is 0.313 e. The Morgan fingerprint density at radius 2 is 1.53 bits per heavy atom. The lowest BCUT2D eigenvalue weighted by molar-refractivity contribution is 0.394. The maximum absolute atomic E-state index is 4.24. The molecule has 0 spiro atoms. The number of nitrogens with zero attached hydrogens (tertiary/aromatic N) is 1. The number of rotatable bonds is 10. The molecular formula is C51H47NS. The van der Waals surface area contributed by atoms with Crippen molar-refractivity contribution in [3.63, 3.8) is 0 Å². The maximum atomic E-state index is 4.24. The van der Waals surface area contributed by atoms with E-state index in [0.717, 1.165) is 6.42 Å². The van der Waals surface area contributed by atoms with Crippen LogP contribution in [-0.2, 0) is 5.41 Å². The number of thiophene rings is 1. The van der Waals surface area contributed by atoms with E-state index in [9.17, 15) is 0 Å². The molecular weight excluding hydrogens is 659 g/mol. The standard InChI is InChI=1S/C51H47NS/c1-7-10-19-35(8-2)36(9-3)29-28-34(4)52(46-33-31-38(37-20-12-11-13-21-37)39-22-14-15-23-40(39)46)47-27-18-25-41-42-30-32-45-48(50(42)53-49(41)47)43-24-16-17-26-44(43)51(45,5)6/h7-28,30-33,36,43-44H,1,3,29H2,2,4-6H3/b19-10-,34-28+,35-8+/t36?,43-,44?/m0/s1. The fourth-order valence-electron chi connectivity index (χ4n) is 8.92. The molecule has 6 aromatic rings. The first-order valence-corrected chi connectivity index (χ1v) is 19.6. The van der Waals surface area contributed by atoms with Crippen molar-refractivity contribution in [2.24, 2.45) is 11.8 Å². The normalized spacial score (nSPS) is 18.5. The van der Waals surface area contributed by atoms with Crippen LogP contribution in [0.15, 0.2) is 182 Å². The van der Waals surface area contributed by atoms with Gasteiger partial charge in [-0.1, -0.05) is 166 Å². The van der Waals surface area contributed by atoms with Crippen molar-refractivity contribution >= 4 is 53.7 Å². The molecule has 262 valence electrons. The number of allylic oxidation sites excluding steroid dienone is 12. The maximum Gasteiger partial charge on any atom is 0.0637 e. The minimum atomic E-state index is 0.0770. The summed E-state index contributed by atoms with van der Waals surface area (Å²) in [4.78, 5) is 2.51. The van der Waals surface area contributed by atoms with Gasteiger partial charge in [-0.2, -0.15) is 0 Å². The summed E-state index contributed by atoms with van der Waals surface area (Å²) in [6.07, 6.45) is 22.8. The summed E-state index contributed by atoms with van der Waals surface area (Å²) in [5.41, 5.74) is 10.4. The third kappa shape index (κ3) is 5.86. The molecule has 5 aromatic carbocycles. The quantitative estimate of drug-likeness (QED) is 0.101. The van der Waals surface area contributed by atoms with E-state index in [2.05, 4.69) is 191 Å². The van der Waals surface area contributed by atoms with Gasteiger partial charge in [-0.3, -0.25) is 0 Å². The highest BCUT2D eigenvalue weighted by molar-refractivity contribution is 7.26. The minimum absolute atomic E-state index is 0.0770. The van der Waals surface area contributed by atoms with Crippen LogP contribution in [0.5, 0.6) is 0 Å². The van der Waals surface area contributed by atoms with Gasteiger partial charge in [0.1, 0.15) is 0 Å². The van der Waals surface area contributed by atoms with Crippen LogP contribution >= 0.6 is 11.3 Å². The topological polar surface area (TPSA) is 3.24 Å². The Balaban J connectivity index is 1.35. The van der Waals surface area contributed by atoms with Crippen LogP contribution in [0, 0.1) is 11.8 Å². The third-order valence-electron chi connectivity index (χ3n) is 11.6. The zero-order chi connectivity index (χ0) is 36.7. The van der Waals surface area contributed by atoms with Crippen LogP contribution in [0.25, 0.3) is 42.1 Å². The van der Waals surface area contributed by atoms with Gasteiger partial charge in [-0.25, -0.2) is 0 Å². The lowest BCUT2D eigenvalue weighted by atomic mass is 9.74. The van der Waals surface area contributed by atoms with Crippen LogP contribution < -0.4 is 4.90 Å². The van der Waals surface area contributed by atoms with Crippen LogP contribution in [0.3, 0.4) is 0 Å². The molecule has 0 amide bonds. The molecule has 0 aliphatic heterocycles. The number of anilines is 2. The van der Waals surface area contributed by atoms with Crippen molar-refractivity contribution in [2.45, 2.75) is 45.4 Å². The van der Waals surface area contributed by atoms with Gasteiger partial charge >= 0.3 is 0 Å². The lowest BCUT2D eigenvalue weighted by Gasteiger charge is -2.29. The van der Waals surface area contributed by atoms with Crippen molar-refractivity contribution in [2.75, 3.05) is 4.90 Å². The molecule has 1 aromatic heterocycles. The van der Waals surface area contributed by atoms with Gasteiger partial charge in [0.15, 0.2) is 0 Å². The van der Waals surface area contributed by atoms with E-state index in [0.29, 0.717) is 11.8 Å². The van der Waals surface area contributed by atoms with Crippen molar-refractivity contribution < 1.29 is 0 Å². The van der Waals surface area contributed by atoms with E-state index in [4.69, 9.17) is 0 Å². The molecule has 3 atom stereocenters. The molecule has 8 rings (SSSR count). The fourth-order valence-corrected chi connectivity index (χ4v) is 10.3. The molecule has 2 heteroatoms. The molecule has 0 bridgehead atoms. The molecule has 53 heavy (non-hydrogen) atoms. The second-order valence-electron chi connectivity index (χ2n) is 14.9. The van der Waals surface area contributed by atoms with Crippen LogP contribution in [0.1, 0.15) is 51.2 Å². The Morgan fingerprint density at radius 3 is 2.30 bits per heavy atom. The van der Waals surface area contributed by atoms with E-state index >= 15 is 0 Å². The van der Waals surface area contributed by atoms with Gasteiger partial charge in [-0.05, 0) is 76.9 Å². The molecule has 1 heterocycles. The van der Waals surface area contributed by atoms with Crippen LogP contribution in [0.4, 0.5) is 11.4 Å². The zero-order valence-electron chi connectivity index (χ0n) is 31.2. The van der Waals surface area contributed by atoms with Crippen molar-refractivity contribution in [1.29, 1.82) is 0 Å². The van der Waals surface area contributed by atoms with Gasteiger partial charge in [0, 0.05) is 38.4 Å². The smallest absolute Gasteiger partial charge is 0.0637 e. The highest BCUT2D eigenvalue weighted by Crippen LogP contribution is 2.57. The van der Waals surface area contributed by atoms with Crippen molar-refractivity contribution in [3.05, 3.63) is 193 Å². The van der Waals surface area contributed by atoms with E-state index < -0.39 is 0 Å². The molecule has 2 aliphatic carbocycles. The third-order valence-corrected chi connectivity index (χ3v) is 12.9. The van der Waals surface area contributed by atoms with Crippen LogP contribution in [-0.4, -0.2) is 0 Å². The SMILES string of the molecule is C=C/C=C\C(=C/C)C(C=C)C/C=C(\C)N(c1ccc(-c2ccccc2)c2ccccc12)c1cccc2c1sc1c3c(ccc12)C(C)(C)C1C=CC=C[C@H]31. The summed E-state index contributed by atoms with van der Waals surface area (Å²) >= 11 is 1.97. The molecule has 0 fully saturated rings. The molecule has 0 radical (unpaired) electrons. The highest BCUT2D eigenvalue weighted by atomic mass is 32.1. The fraction of sp³-hybridized carbons (Fsp3) is 0.176. The molecule has 2 aliphatic rings. The second kappa shape index (κ2) is 14.2. The number of hydrogen-bond acceptors (Lipinski definition) is 2. The monoisotopic (exact) mass is 705 g/mol. The number of benzene rings is 5. The van der Waals surface area contributed by atoms with Gasteiger partial charge < -0.3 is 4.90 Å². The summed E-state index contributed by atoms with van der Waals surface area (Å²) in [7, 11) is 0. The zero-order valence-corrected chi connectivity index (χ0v) is 32.0. The van der Waals surface area contributed by atoms with Crippen molar-refractivity contribution in [1.82, 2.24) is 0 Å². The summed E-state index contributed by atoms with van der Waals surface area (Å²) < 4.78 is 2.74. The van der Waals surface area contributed by atoms with E-state index in [1.54, 1.807) is 0 Å². The lowest BCUT2D eigenvalue weighted by Crippen LogP contribution is -2.24. The van der Waals surface area contributed by atoms with E-state index in [-0.39, 0.29) is 11.3 Å². The number of hydrogen-bond donors (Lipinski definition) is 0. The van der Waals surface area contributed by atoms with E-state index in [1.165, 1.54) is 75.8 Å². The molecule has 1 nitrogen and oxygen atoms in total. The second-order valence-corrected chi connectivity index (χ2v) is 15.9. The molecule has 2 unspecified atom stereocenters. The molecule has 0 saturated carbocycles. The average molecular weight is 706 g/mol. The van der Waals surface area contributed by atoms with E-state index in [1.807, 2.05) is 23.5 Å². The number of fused-ring (bicyclic) bond motifs is 8. The Morgan fingerprint density at radius 1 is 0.792 bits per heavy atom. The summed E-state index contributed by atoms with van der Waals surface area (Å²) in [5, 5.41) is 5.15. The predicted molar refractivity (Wildman–Crippen MR) is 234 cm³/mol. The summed E-state index contributed by atoms with van der Waals surface area (Å²) in [6.45, 7) is 17.3. The van der Waals surface area contributed by atoms with Gasteiger partial charge in [0.05, 0.1) is 16.1 Å². The van der Waals surface area contributed by atoms with Gasteiger partial charge in [-0.15, -0.1) is 17.9 Å². The molecule has 0 N–H and O–H groups in total. The first kappa shape index (κ1) is 34.6. The Labute approximate surface area is 319 Å². The summed E-state index contributed by atoms with van der Waals surface area (Å²) in [5.74, 6) is 1.04. The van der Waals surface area contributed by atoms with Gasteiger partial charge in [0.25, 0.3) is 0 Å². The Hall–Kier alpha value is -5.44. The highest BCUT2D eigenvalue weighted by Gasteiger charge is 2.45. The Bertz CT molecular complexity index is 2530. The Kier molecular flexibility index (Phi) is 9.27. The average Bonchev–Trinajstić information content (AvgIpc) is 3.69. The molecule has 0 saturated heterocycles. The van der Waals surface area contributed by atoms with Crippen molar-refractivity contribution in [3.8, 4) is 11.1 Å². The summed E-state index contributed by atoms with van der Waals surface area (Å²) in [6, 6.07) is 36.0.